The maximum Gasteiger partial charge on any atom is 0.142 e. The molecular formula is C14H23NO2. The van der Waals surface area contributed by atoms with Crippen LogP contribution >= 0.6 is 0 Å². The molecule has 1 aromatic rings. The lowest BCUT2D eigenvalue weighted by Gasteiger charge is -2.28. The topological polar surface area (TPSA) is 32.7 Å². The molecule has 0 saturated heterocycles. The maximum atomic E-state index is 9.36. The molecule has 0 bridgehead atoms. The Morgan fingerprint density at radius 1 is 1.29 bits per heavy atom. The molecule has 0 aliphatic rings. The first-order valence-electron chi connectivity index (χ1n) is 6.05. The van der Waals surface area contributed by atoms with Gasteiger partial charge in [0.1, 0.15) is 5.75 Å². The zero-order valence-electron chi connectivity index (χ0n) is 11.2. The largest absolute Gasteiger partial charge is 0.495 e. The summed E-state index contributed by atoms with van der Waals surface area (Å²) in [5.74, 6) is 1.62. The first-order valence-corrected chi connectivity index (χ1v) is 6.05. The van der Waals surface area contributed by atoms with Crippen LogP contribution in [0.1, 0.15) is 13.8 Å². The van der Waals surface area contributed by atoms with Gasteiger partial charge in [0.15, 0.2) is 0 Å². The molecule has 1 N–H and O–H groups in total. The van der Waals surface area contributed by atoms with Gasteiger partial charge in [0.25, 0.3) is 0 Å². The highest BCUT2D eigenvalue weighted by molar-refractivity contribution is 5.57. The first-order chi connectivity index (χ1) is 8.10. The van der Waals surface area contributed by atoms with Crippen LogP contribution in [0.3, 0.4) is 0 Å². The van der Waals surface area contributed by atoms with Crippen molar-refractivity contribution >= 4 is 5.69 Å². The molecule has 0 saturated carbocycles. The molecule has 0 aliphatic carbocycles. The Morgan fingerprint density at radius 2 is 1.94 bits per heavy atom. The third-order valence-electron chi connectivity index (χ3n) is 3.18. The van der Waals surface area contributed by atoms with E-state index in [2.05, 4.69) is 18.7 Å². The van der Waals surface area contributed by atoms with Gasteiger partial charge in [-0.15, -0.1) is 0 Å². The van der Waals surface area contributed by atoms with Crippen molar-refractivity contribution in [1.82, 2.24) is 0 Å². The Hall–Kier alpha value is -1.22. The number of aliphatic hydroxyl groups excluding tert-OH is 1. The highest BCUT2D eigenvalue weighted by atomic mass is 16.5. The van der Waals surface area contributed by atoms with Crippen molar-refractivity contribution in [3.05, 3.63) is 24.3 Å². The van der Waals surface area contributed by atoms with Gasteiger partial charge in [-0.25, -0.2) is 0 Å². The Morgan fingerprint density at radius 3 is 2.47 bits per heavy atom. The number of benzene rings is 1. The van der Waals surface area contributed by atoms with E-state index < -0.39 is 0 Å². The fourth-order valence-corrected chi connectivity index (χ4v) is 1.87. The van der Waals surface area contributed by atoms with Gasteiger partial charge < -0.3 is 14.7 Å². The highest BCUT2D eigenvalue weighted by Crippen LogP contribution is 2.27. The van der Waals surface area contributed by atoms with E-state index in [0.717, 1.165) is 18.0 Å². The average Bonchev–Trinajstić information content (AvgIpc) is 2.35. The molecule has 1 aromatic carbocycles. The zero-order chi connectivity index (χ0) is 12.8. The van der Waals surface area contributed by atoms with E-state index in [0.29, 0.717) is 5.92 Å². The summed E-state index contributed by atoms with van der Waals surface area (Å²) >= 11 is 0. The summed E-state index contributed by atoms with van der Waals surface area (Å²) in [5.41, 5.74) is 1.06. The van der Waals surface area contributed by atoms with Crippen molar-refractivity contribution in [2.45, 2.75) is 13.8 Å². The van der Waals surface area contributed by atoms with Crippen LogP contribution in [0.25, 0.3) is 0 Å². The smallest absolute Gasteiger partial charge is 0.142 e. The Labute approximate surface area is 104 Å². The van der Waals surface area contributed by atoms with Crippen molar-refractivity contribution < 1.29 is 9.84 Å². The SMILES string of the molecule is COc1ccccc1N(C)CC(CO)C(C)C. The van der Waals surface area contributed by atoms with Crippen LogP contribution in [0, 0.1) is 11.8 Å². The molecule has 0 amide bonds. The number of aliphatic hydroxyl groups is 1. The number of para-hydroxylation sites is 2. The van der Waals surface area contributed by atoms with Crippen LogP contribution in [0.2, 0.25) is 0 Å². The van der Waals surface area contributed by atoms with Gasteiger partial charge in [-0.3, -0.25) is 0 Å². The minimum atomic E-state index is 0.219. The van der Waals surface area contributed by atoms with Crippen LogP contribution in [0.4, 0.5) is 5.69 Å². The lowest BCUT2D eigenvalue weighted by molar-refractivity contribution is 0.193. The number of methoxy groups -OCH3 is 1. The van der Waals surface area contributed by atoms with Crippen LogP contribution < -0.4 is 9.64 Å². The highest BCUT2D eigenvalue weighted by Gasteiger charge is 2.16. The molecule has 96 valence electrons. The molecule has 1 unspecified atom stereocenters. The van der Waals surface area contributed by atoms with E-state index in [1.165, 1.54) is 0 Å². The summed E-state index contributed by atoms with van der Waals surface area (Å²) in [6.45, 7) is 5.32. The van der Waals surface area contributed by atoms with E-state index in [-0.39, 0.29) is 12.5 Å². The second kappa shape index (κ2) is 6.50. The van der Waals surface area contributed by atoms with Crippen molar-refractivity contribution in [2.24, 2.45) is 11.8 Å². The quantitative estimate of drug-likeness (QED) is 0.824. The second-order valence-electron chi connectivity index (χ2n) is 4.74. The van der Waals surface area contributed by atoms with Crippen molar-refractivity contribution in [2.75, 3.05) is 32.2 Å². The van der Waals surface area contributed by atoms with E-state index in [1.807, 2.05) is 31.3 Å². The molecule has 0 aromatic heterocycles. The molecule has 0 spiro atoms. The predicted octanol–water partition coefficient (Wildman–Crippen LogP) is 2.40. The van der Waals surface area contributed by atoms with Crippen LogP contribution in [0.15, 0.2) is 24.3 Å². The Balaban J connectivity index is 2.78. The van der Waals surface area contributed by atoms with Crippen molar-refractivity contribution in [1.29, 1.82) is 0 Å². The number of hydrogen-bond acceptors (Lipinski definition) is 3. The molecule has 3 nitrogen and oxygen atoms in total. The van der Waals surface area contributed by atoms with E-state index in [9.17, 15) is 5.11 Å². The van der Waals surface area contributed by atoms with Crippen molar-refractivity contribution in [3.63, 3.8) is 0 Å². The lowest BCUT2D eigenvalue weighted by Crippen LogP contribution is -2.30. The van der Waals surface area contributed by atoms with Crippen LogP contribution in [0.5, 0.6) is 5.75 Å². The second-order valence-corrected chi connectivity index (χ2v) is 4.74. The maximum absolute atomic E-state index is 9.36. The number of anilines is 1. The summed E-state index contributed by atoms with van der Waals surface area (Å²) in [7, 11) is 3.71. The molecule has 1 rings (SSSR count). The van der Waals surface area contributed by atoms with Crippen molar-refractivity contribution in [3.8, 4) is 5.75 Å². The molecule has 3 heteroatoms. The summed E-state index contributed by atoms with van der Waals surface area (Å²) in [5, 5.41) is 9.36. The Bertz CT molecular complexity index is 339. The van der Waals surface area contributed by atoms with Crippen LogP contribution in [-0.4, -0.2) is 32.4 Å². The first kappa shape index (κ1) is 13.8. The van der Waals surface area contributed by atoms with Gasteiger partial charge in [-0.05, 0) is 18.1 Å². The summed E-state index contributed by atoms with van der Waals surface area (Å²) in [6.07, 6.45) is 0. The minimum Gasteiger partial charge on any atom is -0.495 e. The van der Waals surface area contributed by atoms with Gasteiger partial charge in [0.2, 0.25) is 0 Å². The van der Waals surface area contributed by atoms with Gasteiger partial charge in [-0.1, -0.05) is 26.0 Å². The van der Waals surface area contributed by atoms with E-state index in [4.69, 9.17) is 4.74 Å². The van der Waals surface area contributed by atoms with Gasteiger partial charge >= 0.3 is 0 Å². The molecule has 0 fully saturated rings. The van der Waals surface area contributed by atoms with Crippen LogP contribution in [-0.2, 0) is 0 Å². The monoisotopic (exact) mass is 237 g/mol. The molecule has 0 aliphatic heterocycles. The third kappa shape index (κ3) is 3.63. The molecule has 0 heterocycles. The molecule has 17 heavy (non-hydrogen) atoms. The molecular weight excluding hydrogens is 214 g/mol. The predicted molar refractivity (Wildman–Crippen MR) is 71.7 cm³/mol. The van der Waals surface area contributed by atoms with Gasteiger partial charge in [-0.2, -0.15) is 0 Å². The number of rotatable bonds is 6. The summed E-state index contributed by atoms with van der Waals surface area (Å²) < 4.78 is 5.34. The number of hydrogen-bond donors (Lipinski definition) is 1. The average molecular weight is 237 g/mol. The minimum absolute atomic E-state index is 0.219. The van der Waals surface area contributed by atoms with Gasteiger partial charge in [0.05, 0.1) is 12.8 Å². The lowest BCUT2D eigenvalue weighted by atomic mass is 9.96. The molecule has 0 radical (unpaired) electrons. The van der Waals surface area contributed by atoms with Gasteiger partial charge in [0, 0.05) is 26.1 Å². The summed E-state index contributed by atoms with van der Waals surface area (Å²) in [6, 6.07) is 7.95. The fourth-order valence-electron chi connectivity index (χ4n) is 1.87. The normalized spacial score (nSPS) is 12.6. The third-order valence-corrected chi connectivity index (χ3v) is 3.18. The van der Waals surface area contributed by atoms with E-state index >= 15 is 0 Å². The Kier molecular flexibility index (Phi) is 5.29. The number of ether oxygens (including phenoxy) is 1. The summed E-state index contributed by atoms with van der Waals surface area (Å²) in [4.78, 5) is 2.14. The fraction of sp³-hybridized carbons (Fsp3) is 0.571. The molecule has 1 atom stereocenters. The van der Waals surface area contributed by atoms with E-state index in [1.54, 1.807) is 7.11 Å². The zero-order valence-corrected chi connectivity index (χ0v) is 11.2. The standard InChI is InChI=1S/C14H23NO2/c1-11(2)12(10-16)9-15(3)13-7-5-6-8-14(13)17-4/h5-8,11-12,16H,9-10H2,1-4H3. The number of nitrogens with zero attached hydrogens (tertiary/aromatic N) is 1.